The van der Waals surface area contributed by atoms with E-state index in [0.29, 0.717) is 34.1 Å². The molecule has 0 fully saturated rings. The molecule has 0 aliphatic rings. The predicted molar refractivity (Wildman–Crippen MR) is 146 cm³/mol. The minimum Gasteiger partial charge on any atom is -0.497 e. The number of aromatic nitrogens is 3. The number of fused-ring (bicyclic) bond motifs is 1. The van der Waals surface area contributed by atoms with Gasteiger partial charge in [0.15, 0.2) is 5.60 Å². The maximum Gasteiger partial charge on any atom is 0.218 e. The summed E-state index contributed by atoms with van der Waals surface area (Å²) in [7, 11) is 5.10. The molecule has 2 heterocycles. The molecule has 1 N–H and O–H groups in total. The molecular weight excluding hydrogens is 486 g/mol. The SMILES string of the molecule is COc1ccc(Cc2c(OC)nc3ccc(C(O)(c4ccc(C)cc4)c4cncn4C)cc3c2Cl)cc1. The van der Waals surface area contributed by atoms with Gasteiger partial charge in [-0.3, -0.25) is 0 Å². The maximum atomic E-state index is 12.3. The van der Waals surface area contributed by atoms with Crippen molar-refractivity contribution in [2.75, 3.05) is 14.2 Å². The van der Waals surface area contributed by atoms with E-state index in [0.717, 1.165) is 33.4 Å². The van der Waals surface area contributed by atoms with Crippen molar-refractivity contribution in [3.8, 4) is 11.6 Å². The van der Waals surface area contributed by atoms with Gasteiger partial charge in [0.25, 0.3) is 0 Å². The van der Waals surface area contributed by atoms with Crippen LogP contribution in [0.4, 0.5) is 0 Å². The molecule has 188 valence electrons. The van der Waals surface area contributed by atoms with Crippen LogP contribution in [0.25, 0.3) is 10.9 Å². The number of imidazole rings is 1. The number of ether oxygens (including phenoxy) is 2. The van der Waals surface area contributed by atoms with Gasteiger partial charge in [-0.1, -0.05) is 59.6 Å². The lowest BCUT2D eigenvalue weighted by molar-refractivity contribution is 0.117. The molecule has 3 aromatic carbocycles. The topological polar surface area (TPSA) is 69.4 Å². The molecule has 0 amide bonds. The summed E-state index contributed by atoms with van der Waals surface area (Å²) >= 11 is 7.04. The van der Waals surface area contributed by atoms with Crippen molar-refractivity contribution in [3.05, 3.63) is 118 Å². The fraction of sp³-hybridized carbons (Fsp3) is 0.200. The lowest BCUT2D eigenvalue weighted by Gasteiger charge is -2.30. The molecular formula is C30H28ClN3O3. The Labute approximate surface area is 221 Å². The lowest BCUT2D eigenvalue weighted by atomic mass is 9.82. The zero-order valence-corrected chi connectivity index (χ0v) is 22.0. The molecule has 5 rings (SSSR count). The molecule has 0 radical (unpaired) electrons. The minimum atomic E-state index is -1.45. The quantitative estimate of drug-likeness (QED) is 0.297. The van der Waals surface area contributed by atoms with Gasteiger partial charge in [-0.25, -0.2) is 9.97 Å². The first-order chi connectivity index (χ1) is 17.8. The normalized spacial score (nSPS) is 12.9. The fourth-order valence-electron chi connectivity index (χ4n) is 4.70. The average molecular weight is 514 g/mol. The van der Waals surface area contributed by atoms with Gasteiger partial charge in [0.05, 0.1) is 43.0 Å². The smallest absolute Gasteiger partial charge is 0.218 e. The van der Waals surface area contributed by atoms with Crippen molar-refractivity contribution in [2.45, 2.75) is 18.9 Å². The Hall–Kier alpha value is -3.87. The zero-order chi connectivity index (χ0) is 26.2. The number of halogens is 1. The maximum absolute atomic E-state index is 12.3. The summed E-state index contributed by atoms with van der Waals surface area (Å²) in [6.45, 7) is 2.02. The van der Waals surface area contributed by atoms with Crippen LogP contribution in [0.1, 0.15) is 33.5 Å². The van der Waals surface area contributed by atoms with Crippen LogP contribution in [-0.4, -0.2) is 33.9 Å². The molecule has 2 aromatic heterocycles. The van der Waals surface area contributed by atoms with Crippen LogP contribution >= 0.6 is 11.6 Å². The lowest BCUT2D eigenvalue weighted by Crippen LogP contribution is -2.31. The van der Waals surface area contributed by atoms with Crippen LogP contribution in [0.5, 0.6) is 11.6 Å². The number of pyridine rings is 1. The molecule has 5 aromatic rings. The molecule has 1 atom stereocenters. The molecule has 0 aliphatic heterocycles. The van der Waals surface area contributed by atoms with Crippen molar-refractivity contribution in [3.63, 3.8) is 0 Å². The third-order valence-electron chi connectivity index (χ3n) is 6.79. The Balaban J connectivity index is 1.68. The van der Waals surface area contributed by atoms with Crippen molar-refractivity contribution in [1.29, 1.82) is 0 Å². The Morgan fingerprint density at radius 3 is 2.27 bits per heavy atom. The van der Waals surface area contributed by atoms with E-state index in [1.807, 2.05) is 85.3 Å². The van der Waals surface area contributed by atoms with Gasteiger partial charge in [0.2, 0.25) is 5.88 Å². The van der Waals surface area contributed by atoms with Gasteiger partial charge in [-0.2, -0.15) is 0 Å². The molecule has 0 saturated heterocycles. The van der Waals surface area contributed by atoms with Crippen LogP contribution in [0.2, 0.25) is 5.02 Å². The number of benzene rings is 3. The second kappa shape index (κ2) is 9.88. The number of aliphatic hydroxyl groups is 1. The van der Waals surface area contributed by atoms with Crippen molar-refractivity contribution in [2.24, 2.45) is 7.05 Å². The van der Waals surface area contributed by atoms with Crippen LogP contribution < -0.4 is 9.47 Å². The average Bonchev–Trinajstić information content (AvgIpc) is 3.36. The summed E-state index contributed by atoms with van der Waals surface area (Å²) in [6.07, 6.45) is 3.90. The highest BCUT2D eigenvalue weighted by atomic mass is 35.5. The van der Waals surface area contributed by atoms with Crippen LogP contribution in [0.3, 0.4) is 0 Å². The Morgan fingerprint density at radius 2 is 1.65 bits per heavy atom. The summed E-state index contributed by atoms with van der Waals surface area (Å²) in [5.74, 6) is 1.26. The third kappa shape index (κ3) is 4.43. The van der Waals surface area contributed by atoms with E-state index in [4.69, 9.17) is 26.1 Å². The van der Waals surface area contributed by atoms with Crippen molar-refractivity contribution >= 4 is 22.5 Å². The highest BCUT2D eigenvalue weighted by Gasteiger charge is 2.37. The summed E-state index contributed by atoms with van der Waals surface area (Å²) < 4.78 is 12.7. The monoisotopic (exact) mass is 513 g/mol. The van der Waals surface area contributed by atoms with Crippen molar-refractivity contribution < 1.29 is 14.6 Å². The van der Waals surface area contributed by atoms with Gasteiger partial charge in [-0.05, 0) is 47.9 Å². The van der Waals surface area contributed by atoms with Gasteiger partial charge in [0, 0.05) is 24.4 Å². The number of hydrogen-bond acceptors (Lipinski definition) is 5. The molecule has 0 bridgehead atoms. The summed E-state index contributed by atoms with van der Waals surface area (Å²) in [5.41, 5.74) is 4.20. The molecule has 37 heavy (non-hydrogen) atoms. The second-order valence-electron chi connectivity index (χ2n) is 9.14. The summed E-state index contributed by atoms with van der Waals surface area (Å²) in [4.78, 5) is 9.01. The van der Waals surface area contributed by atoms with Gasteiger partial charge in [0.1, 0.15) is 5.75 Å². The van der Waals surface area contributed by atoms with Crippen LogP contribution in [-0.2, 0) is 19.1 Å². The van der Waals surface area contributed by atoms with Crippen LogP contribution in [0.15, 0.2) is 79.3 Å². The highest BCUT2D eigenvalue weighted by molar-refractivity contribution is 6.36. The third-order valence-corrected chi connectivity index (χ3v) is 7.22. The predicted octanol–water partition coefficient (Wildman–Crippen LogP) is 5.82. The Kier molecular flexibility index (Phi) is 6.63. The summed E-state index contributed by atoms with van der Waals surface area (Å²) in [5, 5.41) is 13.6. The second-order valence-corrected chi connectivity index (χ2v) is 9.51. The Morgan fingerprint density at radius 1 is 0.946 bits per heavy atom. The van der Waals surface area contributed by atoms with E-state index in [9.17, 15) is 5.11 Å². The number of rotatable bonds is 7. The molecule has 6 nitrogen and oxygen atoms in total. The molecule has 0 spiro atoms. The highest BCUT2D eigenvalue weighted by Crippen LogP contribution is 2.40. The van der Waals surface area contributed by atoms with Crippen molar-refractivity contribution in [1.82, 2.24) is 14.5 Å². The zero-order valence-electron chi connectivity index (χ0n) is 21.2. The van der Waals surface area contributed by atoms with Gasteiger partial charge in [-0.15, -0.1) is 0 Å². The molecule has 1 unspecified atom stereocenters. The Bertz CT molecular complexity index is 1560. The molecule has 7 heteroatoms. The summed E-state index contributed by atoms with van der Waals surface area (Å²) in [6, 6.07) is 21.3. The first-order valence-electron chi connectivity index (χ1n) is 11.9. The van der Waals surface area contributed by atoms with Crippen LogP contribution in [0, 0.1) is 6.92 Å². The van der Waals surface area contributed by atoms with Gasteiger partial charge >= 0.3 is 0 Å². The fourth-order valence-corrected chi connectivity index (χ4v) is 5.00. The minimum absolute atomic E-state index is 0.474. The van der Waals surface area contributed by atoms with E-state index in [1.165, 1.54) is 0 Å². The molecule has 0 aliphatic carbocycles. The standard InChI is InChI=1S/C30H28ClN3O3/c1-19-5-9-21(10-6-19)30(35,27-17-32-18-34(27)2)22-11-14-26-24(16-22)28(31)25(29(33-26)37-4)15-20-7-12-23(36-3)13-8-20/h5-14,16-18,35H,15H2,1-4H3. The van der Waals surface area contributed by atoms with E-state index in [2.05, 4.69) is 4.98 Å². The first-order valence-corrected chi connectivity index (χ1v) is 12.3. The largest absolute Gasteiger partial charge is 0.497 e. The number of nitrogens with zero attached hydrogens (tertiary/aromatic N) is 3. The molecule has 0 saturated carbocycles. The number of methoxy groups -OCH3 is 2. The van der Waals surface area contributed by atoms with E-state index >= 15 is 0 Å². The van der Waals surface area contributed by atoms with E-state index in [-0.39, 0.29) is 0 Å². The van der Waals surface area contributed by atoms with E-state index in [1.54, 1.807) is 26.7 Å². The first kappa shape index (κ1) is 24.8. The van der Waals surface area contributed by atoms with Gasteiger partial charge < -0.3 is 19.1 Å². The number of aryl methyl sites for hydroxylation is 2. The van der Waals surface area contributed by atoms with E-state index < -0.39 is 5.60 Å². The number of hydrogen-bond donors (Lipinski definition) is 1.